The van der Waals surface area contributed by atoms with Crippen LogP contribution in [0.15, 0.2) is 59.7 Å². The number of hydrogen-bond donors (Lipinski definition) is 1. The number of ether oxygens (including phenoxy) is 1. The van der Waals surface area contributed by atoms with Crippen molar-refractivity contribution in [2.45, 2.75) is 12.8 Å². The smallest absolute Gasteiger partial charge is 0.406 e. The van der Waals surface area contributed by atoms with E-state index in [0.717, 1.165) is 5.56 Å². The van der Waals surface area contributed by atoms with Gasteiger partial charge in [-0.15, -0.1) is 13.2 Å². The van der Waals surface area contributed by atoms with Crippen LogP contribution in [0.2, 0.25) is 0 Å². The summed E-state index contributed by atoms with van der Waals surface area (Å²) >= 11 is 0. The maximum absolute atomic E-state index is 12.0. The van der Waals surface area contributed by atoms with Crippen molar-refractivity contribution in [3.8, 4) is 5.75 Å². The number of alkyl halides is 3. The van der Waals surface area contributed by atoms with E-state index < -0.39 is 6.36 Å². The van der Waals surface area contributed by atoms with Gasteiger partial charge in [0.1, 0.15) is 5.75 Å². The Kier molecular flexibility index (Phi) is 5.35. The molecular weight excluding hydrogens is 309 g/mol. The van der Waals surface area contributed by atoms with Gasteiger partial charge < -0.3 is 4.74 Å². The third-order valence-electron chi connectivity index (χ3n) is 2.72. The fraction of sp³-hybridized carbons (Fsp3) is 0.125. The van der Waals surface area contributed by atoms with E-state index in [1.807, 2.05) is 30.3 Å². The fourth-order valence-corrected chi connectivity index (χ4v) is 1.76. The molecule has 1 N–H and O–H groups in total. The Balaban J connectivity index is 1.84. The van der Waals surface area contributed by atoms with Crippen molar-refractivity contribution in [3.05, 3.63) is 65.7 Å². The second kappa shape index (κ2) is 7.44. The maximum Gasteiger partial charge on any atom is 0.573 e. The molecule has 1 amide bonds. The van der Waals surface area contributed by atoms with Crippen molar-refractivity contribution in [1.82, 2.24) is 5.43 Å². The molecule has 0 aliphatic carbocycles. The number of halogens is 3. The first-order valence-corrected chi connectivity index (χ1v) is 6.64. The molecule has 7 heteroatoms. The molecule has 0 aliphatic heterocycles. The Morgan fingerprint density at radius 1 is 1.09 bits per heavy atom. The second-order valence-corrected chi connectivity index (χ2v) is 4.57. The van der Waals surface area contributed by atoms with Crippen LogP contribution in [-0.2, 0) is 11.2 Å². The van der Waals surface area contributed by atoms with Gasteiger partial charge in [0.15, 0.2) is 0 Å². The minimum Gasteiger partial charge on any atom is -0.406 e. The van der Waals surface area contributed by atoms with Gasteiger partial charge in [0.25, 0.3) is 0 Å². The molecular formula is C16H13F3N2O2. The van der Waals surface area contributed by atoms with Crippen LogP contribution in [0.4, 0.5) is 13.2 Å². The summed E-state index contributed by atoms with van der Waals surface area (Å²) in [6, 6.07) is 14.3. The second-order valence-electron chi connectivity index (χ2n) is 4.57. The molecule has 0 saturated heterocycles. The normalized spacial score (nSPS) is 11.4. The van der Waals surface area contributed by atoms with Crippen molar-refractivity contribution in [1.29, 1.82) is 0 Å². The molecule has 0 saturated carbocycles. The van der Waals surface area contributed by atoms with Crippen LogP contribution >= 0.6 is 0 Å². The van der Waals surface area contributed by atoms with Crippen LogP contribution in [0.25, 0.3) is 0 Å². The summed E-state index contributed by atoms with van der Waals surface area (Å²) in [5.41, 5.74) is 3.73. The maximum atomic E-state index is 12.0. The lowest BCUT2D eigenvalue weighted by Gasteiger charge is -2.08. The first kappa shape index (κ1) is 16.5. The summed E-state index contributed by atoms with van der Waals surface area (Å²) in [6.45, 7) is 0. The highest BCUT2D eigenvalue weighted by molar-refractivity contribution is 5.83. The largest absolute Gasteiger partial charge is 0.573 e. The van der Waals surface area contributed by atoms with E-state index in [9.17, 15) is 18.0 Å². The van der Waals surface area contributed by atoms with Crippen LogP contribution in [0.3, 0.4) is 0 Å². The number of nitrogens with one attached hydrogen (secondary N) is 1. The summed E-state index contributed by atoms with van der Waals surface area (Å²) in [5, 5.41) is 3.75. The predicted octanol–water partition coefficient (Wildman–Crippen LogP) is 3.28. The molecule has 4 nitrogen and oxygen atoms in total. The molecule has 120 valence electrons. The van der Waals surface area contributed by atoms with Crippen LogP contribution in [0.5, 0.6) is 5.75 Å². The quantitative estimate of drug-likeness (QED) is 0.678. The summed E-state index contributed by atoms with van der Waals surface area (Å²) in [6.07, 6.45) is -3.20. The molecule has 0 aromatic heterocycles. The highest BCUT2D eigenvalue weighted by atomic mass is 19.4. The zero-order valence-corrected chi connectivity index (χ0v) is 11.9. The Labute approximate surface area is 130 Å². The molecule has 23 heavy (non-hydrogen) atoms. The predicted molar refractivity (Wildman–Crippen MR) is 79.0 cm³/mol. The third-order valence-corrected chi connectivity index (χ3v) is 2.72. The van der Waals surface area contributed by atoms with Crippen molar-refractivity contribution >= 4 is 12.1 Å². The summed E-state index contributed by atoms with van der Waals surface area (Å²) in [5.74, 6) is -0.604. The molecule has 2 aromatic carbocycles. The topological polar surface area (TPSA) is 50.7 Å². The van der Waals surface area contributed by atoms with E-state index in [1.54, 1.807) is 0 Å². The van der Waals surface area contributed by atoms with E-state index in [4.69, 9.17) is 0 Å². The van der Waals surface area contributed by atoms with Crippen molar-refractivity contribution in [2.75, 3.05) is 0 Å². The van der Waals surface area contributed by atoms with Crippen LogP contribution < -0.4 is 10.2 Å². The molecule has 0 fully saturated rings. The number of carbonyl (C=O) groups is 1. The molecule has 0 aliphatic rings. The number of benzene rings is 2. The van der Waals surface area contributed by atoms with Gasteiger partial charge in [0.2, 0.25) is 5.91 Å². The van der Waals surface area contributed by atoms with Gasteiger partial charge in [-0.25, -0.2) is 5.43 Å². The Bertz CT molecular complexity index is 668. The van der Waals surface area contributed by atoms with Gasteiger partial charge in [0, 0.05) is 0 Å². The number of nitrogens with zero attached hydrogens (tertiary/aromatic N) is 1. The van der Waals surface area contributed by atoms with Gasteiger partial charge in [-0.3, -0.25) is 4.79 Å². The van der Waals surface area contributed by atoms with Crippen LogP contribution in [0.1, 0.15) is 11.1 Å². The van der Waals surface area contributed by atoms with Gasteiger partial charge in [-0.1, -0.05) is 30.3 Å². The lowest BCUT2D eigenvalue weighted by Crippen LogP contribution is -2.19. The molecule has 0 spiro atoms. The lowest BCUT2D eigenvalue weighted by atomic mass is 10.1. The van der Waals surface area contributed by atoms with E-state index in [-0.39, 0.29) is 18.1 Å². The lowest BCUT2D eigenvalue weighted by molar-refractivity contribution is -0.274. The first-order valence-electron chi connectivity index (χ1n) is 6.64. The van der Waals surface area contributed by atoms with Crippen molar-refractivity contribution in [2.24, 2.45) is 5.10 Å². The Hall–Kier alpha value is -2.83. The molecule has 0 atom stereocenters. The van der Waals surface area contributed by atoms with Crippen LogP contribution in [-0.4, -0.2) is 18.5 Å². The molecule has 0 heterocycles. The number of carbonyl (C=O) groups excluding carboxylic acids is 1. The molecule has 0 unspecified atom stereocenters. The van der Waals surface area contributed by atoms with Gasteiger partial charge in [0.05, 0.1) is 12.6 Å². The van der Waals surface area contributed by atoms with E-state index >= 15 is 0 Å². The monoisotopic (exact) mass is 322 g/mol. The molecule has 2 aromatic rings. The fourth-order valence-electron chi connectivity index (χ4n) is 1.76. The number of hydrazone groups is 1. The van der Waals surface area contributed by atoms with Crippen molar-refractivity contribution in [3.63, 3.8) is 0 Å². The van der Waals surface area contributed by atoms with E-state index in [2.05, 4.69) is 15.3 Å². The SMILES string of the molecule is O=C(Cc1ccccc1)N/N=C/c1ccc(OC(F)(F)F)cc1. The minimum absolute atomic E-state index is 0.191. The van der Waals surface area contributed by atoms with Gasteiger partial charge >= 0.3 is 6.36 Å². The highest BCUT2D eigenvalue weighted by Crippen LogP contribution is 2.22. The molecule has 0 radical (unpaired) electrons. The number of amides is 1. The minimum atomic E-state index is -4.72. The van der Waals surface area contributed by atoms with Crippen molar-refractivity contribution < 1.29 is 22.7 Å². The standard InChI is InChI=1S/C16H13F3N2O2/c17-16(18,19)23-14-8-6-13(7-9-14)11-20-21-15(22)10-12-4-2-1-3-5-12/h1-9,11H,10H2,(H,21,22)/b20-11+. The number of hydrogen-bond acceptors (Lipinski definition) is 3. The first-order chi connectivity index (χ1) is 10.9. The molecule has 0 bridgehead atoms. The summed E-state index contributed by atoms with van der Waals surface area (Å²) in [4.78, 5) is 11.6. The average molecular weight is 322 g/mol. The Morgan fingerprint density at radius 2 is 1.74 bits per heavy atom. The number of rotatable bonds is 5. The van der Waals surface area contributed by atoms with Crippen LogP contribution in [0, 0.1) is 0 Å². The van der Waals surface area contributed by atoms with E-state index in [0.29, 0.717) is 5.56 Å². The Morgan fingerprint density at radius 3 is 2.35 bits per heavy atom. The highest BCUT2D eigenvalue weighted by Gasteiger charge is 2.30. The summed E-state index contributed by atoms with van der Waals surface area (Å²) < 4.78 is 39.8. The zero-order chi connectivity index (χ0) is 16.7. The summed E-state index contributed by atoms with van der Waals surface area (Å²) in [7, 11) is 0. The average Bonchev–Trinajstić information content (AvgIpc) is 2.48. The van der Waals surface area contributed by atoms with Gasteiger partial charge in [-0.2, -0.15) is 5.10 Å². The van der Waals surface area contributed by atoms with Gasteiger partial charge in [-0.05, 0) is 35.4 Å². The molecule has 2 rings (SSSR count). The zero-order valence-electron chi connectivity index (χ0n) is 11.9. The van der Waals surface area contributed by atoms with E-state index in [1.165, 1.54) is 30.5 Å². The third kappa shape index (κ3) is 6.21.